The van der Waals surface area contributed by atoms with Gasteiger partial charge in [0.1, 0.15) is 0 Å². The molecule has 1 aromatic carbocycles. The summed E-state index contributed by atoms with van der Waals surface area (Å²) in [5.41, 5.74) is 8.96. The van der Waals surface area contributed by atoms with E-state index >= 15 is 0 Å². The predicted molar refractivity (Wildman–Crippen MR) is 78.1 cm³/mol. The maximum absolute atomic E-state index is 11.6. The molecule has 108 valence electrons. The molecule has 0 aliphatic heterocycles. The second-order valence-electron chi connectivity index (χ2n) is 5.06. The zero-order valence-electron chi connectivity index (χ0n) is 11.9. The van der Waals surface area contributed by atoms with Crippen molar-refractivity contribution in [3.05, 3.63) is 47.3 Å². The van der Waals surface area contributed by atoms with Gasteiger partial charge in [0.25, 0.3) is 0 Å². The Bertz CT molecular complexity index is 720. The second kappa shape index (κ2) is 5.38. The number of aromatic nitrogens is 2. The van der Waals surface area contributed by atoms with Gasteiger partial charge in [0.05, 0.1) is 10.6 Å². The summed E-state index contributed by atoms with van der Waals surface area (Å²) in [6, 6.07) is 8.53. The summed E-state index contributed by atoms with van der Waals surface area (Å²) in [6.45, 7) is 1.93. The van der Waals surface area contributed by atoms with E-state index in [9.17, 15) is 8.42 Å². The molecule has 0 amide bonds. The summed E-state index contributed by atoms with van der Waals surface area (Å²) in [7, 11) is -1.33. The third-order valence-corrected chi connectivity index (χ3v) is 4.35. The fraction of sp³-hybridized carbons (Fsp3) is 0.357. The summed E-state index contributed by atoms with van der Waals surface area (Å²) in [4.78, 5) is 0.298. The number of nitrogens with zero attached hydrogens (tertiary/aromatic N) is 2. The molecule has 2 aromatic rings. The van der Waals surface area contributed by atoms with Gasteiger partial charge in [-0.3, -0.25) is 4.68 Å². The van der Waals surface area contributed by atoms with Gasteiger partial charge in [0, 0.05) is 31.5 Å². The highest BCUT2D eigenvalue weighted by atomic mass is 32.2. The average Bonchev–Trinajstić information content (AvgIpc) is 2.67. The van der Waals surface area contributed by atoms with E-state index in [0.717, 1.165) is 17.0 Å². The Labute approximate surface area is 119 Å². The number of rotatable bonds is 4. The number of hydrogen-bond donors (Lipinski definition) is 1. The molecule has 0 radical (unpaired) electrons. The zero-order valence-corrected chi connectivity index (χ0v) is 12.7. The van der Waals surface area contributed by atoms with Gasteiger partial charge in [-0.15, -0.1) is 0 Å². The first-order valence-electron chi connectivity index (χ1n) is 6.32. The van der Waals surface area contributed by atoms with Crippen LogP contribution >= 0.6 is 0 Å². The van der Waals surface area contributed by atoms with Crippen LogP contribution in [0.1, 0.15) is 23.0 Å². The Morgan fingerprint density at radius 2 is 2.05 bits per heavy atom. The van der Waals surface area contributed by atoms with Gasteiger partial charge in [-0.2, -0.15) is 5.10 Å². The van der Waals surface area contributed by atoms with Crippen LogP contribution in [0.2, 0.25) is 0 Å². The molecular weight excluding hydrogens is 274 g/mol. The van der Waals surface area contributed by atoms with Crippen LogP contribution in [0.5, 0.6) is 0 Å². The molecule has 0 saturated heterocycles. The smallest absolute Gasteiger partial charge is 0.175 e. The standard InChI is InChI=1S/C14H19N3O2S/c1-10-7-12(17(2)16-10)9-14(15)11-5-4-6-13(8-11)20(3,18)19/h4-8,14H,9,15H2,1-3H3. The minimum absolute atomic E-state index is 0.258. The summed E-state index contributed by atoms with van der Waals surface area (Å²) >= 11 is 0. The first-order chi connectivity index (χ1) is 9.27. The fourth-order valence-corrected chi connectivity index (χ4v) is 2.85. The van der Waals surface area contributed by atoms with Crippen molar-refractivity contribution >= 4 is 9.84 Å². The zero-order chi connectivity index (χ0) is 14.9. The Balaban J connectivity index is 2.26. The molecule has 2 rings (SSSR count). The van der Waals surface area contributed by atoms with Gasteiger partial charge in [-0.05, 0) is 30.7 Å². The minimum atomic E-state index is -3.21. The summed E-state index contributed by atoms with van der Waals surface area (Å²) < 4.78 is 24.9. The number of benzene rings is 1. The second-order valence-corrected chi connectivity index (χ2v) is 7.07. The minimum Gasteiger partial charge on any atom is -0.324 e. The van der Waals surface area contributed by atoms with Crippen molar-refractivity contribution in [3.63, 3.8) is 0 Å². The first kappa shape index (κ1) is 14.7. The van der Waals surface area contributed by atoms with E-state index in [1.807, 2.05) is 26.1 Å². The molecule has 0 fully saturated rings. The predicted octanol–water partition coefficient (Wildman–Crippen LogP) is 1.37. The molecule has 2 N–H and O–H groups in total. The lowest BCUT2D eigenvalue weighted by atomic mass is 10.0. The monoisotopic (exact) mass is 293 g/mol. The van der Waals surface area contributed by atoms with Crippen molar-refractivity contribution in [2.45, 2.75) is 24.3 Å². The van der Waals surface area contributed by atoms with Crippen LogP contribution in [0, 0.1) is 6.92 Å². The lowest BCUT2D eigenvalue weighted by molar-refractivity contribution is 0.601. The van der Waals surface area contributed by atoms with Crippen LogP contribution in [0.3, 0.4) is 0 Å². The highest BCUT2D eigenvalue weighted by Gasteiger charge is 2.13. The number of nitrogens with two attached hydrogens (primary N) is 1. The highest BCUT2D eigenvalue weighted by Crippen LogP contribution is 2.19. The molecule has 20 heavy (non-hydrogen) atoms. The van der Waals surface area contributed by atoms with E-state index in [1.54, 1.807) is 22.9 Å². The van der Waals surface area contributed by atoms with E-state index in [4.69, 9.17) is 5.73 Å². The van der Waals surface area contributed by atoms with Crippen LogP contribution in [0.25, 0.3) is 0 Å². The van der Waals surface area contributed by atoms with Crippen LogP contribution in [0.4, 0.5) is 0 Å². The molecule has 0 aliphatic carbocycles. The van der Waals surface area contributed by atoms with Gasteiger partial charge in [0.2, 0.25) is 0 Å². The average molecular weight is 293 g/mol. The van der Waals surface area contributed by atoms with Crippen molar-refractivity contribution in [2.24, 2.45) is 12.8 Å². The lowest BCUT2D eigenvalue weighted by Crippen LogP contribution is -2.16. The van der Waals surface area contributed by atoms with E-state index in [-0.39, 0.29) is 6.04 Å². The molecule has 5 nitrogen and oxygen atoms in total. The maximum atomic E-state index is 11.6. The van der Waals surface area contributed by atoms with Crippen molar-refractivity contribution in [1.29, 1.82) is 0 Å². The third-order valence-electron chi connectivity index (χ3n) is 3.24. The summed E-state index contributed by atoms with van der Waals surface area (Å²) in [5, 5.41) is 4.28. The Kier molecular flexibility index (Phi) is 3.96. The molecule has 1 atom stereocenters. The van der Waals surface area contributed by atoms with Crippen molar-refractivity contribution < 1.29 is 8.42 Å². The van der Waals surface area contributed by atoms with Gasteiger partial charge >= 0.3 is 0 Å². The SMILES string of the molecule is Cc1cc(CC(N)c2cccc(S(C)(=O)=O)c2)n(C)n1. The summed E-state index contributed by atoms with van der Waals surface area (Å²) in [6.07, 6.45) is 1.81. The fourth-order valence-electron chi connectivity index (χ4n) is 2.17. The van der Waals surface area contributed by atoms with Crippen molar-refractivity contribution in [2.75, 3.05) is 6.26 Å². The van der Waals surface area contributed by atoms with E-state index in [2.05, 4.69) is 5.10 Å². The van der Waals surface area contributed by atoms with Gasteiger partial charge in [-0.25, -0.2) is 8.42 Å². The lowest BCUT2D eigenvalue weighted by Gasteiger charge is -2.13. The molecule has 0 bridgehead atoms. The van der Waals surface area contributed by atoms with Crippen LogP contribution < -0.4 is 5.73 Å². The Morgan fingerprint density at radius 1 is 1.35 bits per heavy atom. The van der Waals surface area contributed by atoms with E-state index in [1.165, 1.54) is 6.26 Å². The number of hydrogen-bond acceptors (Lipinski definition) is 4. The summed E-state index contributed by atoms with van der Waals surface area (Å²) in [5.74, 6) is 0. The molecule has 1 heterocycles. The van der Waals surface area contributed by atoms with E-state index in [0.29, 0.717) is 11.3 Å². The molecular formula is C14H19N3O2S. The van der Waals surface area contributed by atoms with Crippen LogP contribution in [-0.2, 0) is 23.3 Å². The van der Waals surface area contributed by atoms with Gasteiger partial charge in [-0.1, -0.05) is 12.1 Å². The molecule has 6 heteroatoms. The molecule has 1 unspecified atom stereocenters. The third kappa shape index (κ3) is 3.26. The molecule has 0 saturated carbocycles. The number of sulfone groups is 1. The van der Waals surface area contributed by atoms with Crippen molar-refractivity contribution in [1.82, 2.24) is 9.78 Å². The quantitative estimate of drug-likeness (QED) is 0.923. The Morgan fingerprint density at radius 3 is 2.60 bits per heavy atom. The first-order valence-corrected chi connectivity index (χ1v) is 8.21. The maximum Gasteiger partial charge on any atom is 0.175 e. The number of aryl methyl sites for hydroxylation is 2. The van der Waals surface area contributed by atoms with Crippen molar-refractivity contribution in [3.8, 4) is 0 Å². The topological polar surface area (TPSA) is 78.0 Å². The normalized spacial score (nSPS) is 13.4. The molecule has 0 spiro atoms. The molecule has 0 aliphatic rings. The van der Waals surface area contributed by atoms with Gasteiger partial charge < -0.3 is 5.73 Å². The largest absolute Gasteiger partial charge is 0.324 e. The van der Waals surface area contributed by atoms with E-state index < -0.39 is 9.84 Å². The van der Waals surface area contributed by atoms with Gasteiger partial charge in [0.15, 0.2) is 9.84 Å². The Hall–Kier alpha value is -1.66. The highest BCUT2D eigenvalue weighted by molar-refractivity contribution is 7.90. The van der Waals surface area contributed by atoms with Crippen LogP contribution in [0.15, 0.2) is 35.2 Å². The molecule has 1 aromatic heterocycles. The van der Waals surface area contributed by atoms with Crippen LogP contribution in [-0.4, -0.2) is 24.5 Å².